The zero-order valence-electron chi connectivity index (χ0n) is 10.4. The molecule has 98 valence electrons. The predicted octanol–water partition coefficient (Wildman–Crippen LogP) is 2.31. The molecular weight excluding hydrogens is 274 g/mol. The van der Waals surface area contributed by atoms with E-state index in [1.54, 1.807) is 26.2 Å². The first-order valence-electron chi connectivity index (χ1n) is 5.16. The maximum absolute atomic E-state index is 11.8. The number of nitrogens with zero attached hydrogens (tertiary/aromatic N) is 1. The van der Waals surface area contributed by atoms with Gasteiger partial charge in [0.1, 0.15) is 0 Å². The van der Waals surface area contributed by atoms with E-state index in [1.165, 1.54) is 16.7 Å². The fourth-order valence-corrected chi connectivity index (χ4v) is 1.76. The topological polar surface area (TPSA) is 46.6 Å². The highest BCUT2D eigenvalue weighted by molar-refractivity contribution is 7.98. The summed E-state index contributed by atoms with van der Waals surface area (Å²) in [5.74, 6) is -0.869. The van der Waals surface area contributed by atoms with Crippen LogP contribution in [0.2, 0.25) is 5.02 Å². The molecule has 1 aromatic rings. The first-order chi connectivity index (χ1) is 8.45. The van der Waals surface area contributed by atoms with Crippen molar-refractivity contribution in [2.75, 3.05) is 27.0 Å². The zero-order valence-corrected chi connectivity index (χ0v) is 12.0. The van der Waals surface area contributed by atoms with Gasteiger partial charge in [0.2, 0.25) is 0 Å². The third-order valence-corrected chi connectivity index (χ3v) is 3.27. The van der Waals surface area contributed by atoms with Crippen molar-refractivity contribution in [3.63, 3.8) is 0 Å². The van der Waals surface area contributed by atoms with Crippen molar-refractivity contribution < 1.29 is 14.3 Å². The molecular formula is C12H14ClNO3S. The lowest BCUT2D eigenvalue weighted by atomic mass is 10.2. The molecule has 0 radical (unpaired) electrons. The van der Waals surface area contributed by atoms with E-state index in [9.17, 15) is 9.59 Å². The molecule has 0 aliphatic heterocycles. The summed E-state index contributed by atoms with van der Waals surface area (Å²) in [6.45, 7) is -0.286. The number of esters is 1. The molecule has 18 heavy (non-hydrogen) atoms. The second-order valence-corrected chi connectivity index (χ2v) is 5.00. The van der Waals surface area contributed by atoms with E-state index in [0.717, 1.165) is 4.90 Å². The van der Waals surface area contributed by atoms with Crippen molar-refractivity contribution in [1.82, 2.24) is 4.90 Å². The summed E-state index contributed by atoms with van der Waals surface area (Å²) in [5.41, 5.74) is 0.273. The monoisotopic (exact) mass is 287 g/mol. The minimum Gasteiger partial charge on any atom is -0.452 e. The van der Waals surface area contributed by atoms with E-state index in [2.05, 4.69) is 0 Å². The lowest BCUT2D eigenvalue weighted by Gasteiger charge is -2.11. The molecule has 0 atom stereocenters. The third kappa shape index (κ3) is 3.92. The summed E-state index contributed by atoms with van der Waals surface area (Å²) < 4.78 is 4.91. The number of carbonyl (C=O) groups excluding carboxylic acids is 2. The molecule has 0 aliphatic rings. The Morgan fingerprint density at radius 2 is 2.06 bits per heavy atom. The van der Waals surface area contributed by atoms with Crippen LogP contribution in [0.15, 0.2) is 23.1 Å². The Morgan fingerprint density at radius 3 is 2.61 bits per heavy atom. The highest BCUT2D eigenvalue weighted by atomic mass is 35.5. The van der Waals surface area contributed by atoms with Crippen LogP contribution in [0.3, 0.4) is 0 Å². The summed E-state index contributed by atoms with van der Waals surface area (Å²) in [5, 5.41) is 0.315. The average molecular weight is 288 g/mol. The molecule has 0 fully saturated rings. The number of carbonyl (C=O) groups is 2. The fraction of sp³-hybridized carbons (Fsp3) is 0.333. The first-order valence-corrected chi connectivity index (χ1v) is 6.76. The SMILES string of the molecule is CSc1ccc(Cl)c(C(=O)OCC(=O)N(C)C)c1. The van der Waals surface area contributed by atoms with Gasteiger partial charge in [-0.15, -0.1) is 11.8 Å². The van der Waals surface area contributed by atoms with Crippen LogP contribution >= 0.6 is 23.4 Å². The number of benzene rings is 1. The third-order valence-electron chi connectivity index (χ3n) is 2.22. The zero-order chi connectivity index (χ0) is 13.7. The molecule has 0 saturated carbocycles. The molecule has 6 heteroatoms. The van der Waals surface area contributed by atoms with Gasteiger partial charge >= 0.3 is 5.97 Å². The van der Waals surface area contributed by atoms with Crippen molar-refractivity contribution in [1.29, 1.82) is 0 Å². The number of hydrogen-bond donors (Lipinski definition) is 0. The van der Waals surface area contributed by atoms with Crippen LogP contribution in [0.1, 0.15) is 10.4 Å². The van der Waals surface area contributed by atoms with Crippen LogP contribution in [0.25, 0.3) is 0 Å². The van der Waals surface area contributed by atoms with E-state index in [-0.39, 0.29) is 18.1 Å². The molecule has 4 nitrogen and oxygen atoms in total. The molecule has 0 aromatic heterocycles. The predicted molar refractivity (Wildman–Crippen MR) is 72.2 cm³/mol. The Kier molecular flexibility index (Phi) is 5.50. The minimum absolute atomic E-state index is 0.273. The Bertz CT molecular complexity index is 463. The summed E-state index contributed by atoms with van der Waals surface area (Å²) >= 11 is 7.42. The second kappa shape index (κ2) is 6.66. The van der Waals surface area contributed by atoms with E-state index < -0.39 is 5.97 Å². The van der Waals surface area contributed by atoms with Crippen LogP contribution in [0, 0.1) is 0 Å². The lowest BCUT2D eigenvalue weighted by Crippen LogP contribution is -2.27. The van der Waals surface area contributed by atoms with Gasteiger partial charge in [-0.3, -0.25) is 4.79 Å². The maximum Gasteiger partial charge on any atom is 0.340 e. The van der Waals surface area contributed by atoms with Crippen molar-refractivity contribution >= 4 is 35.2 Å². The quantitative estimate of drug-likeness (QED) is 0.630. The average Bonchev–Trinajstić information content (AvgIpc) is 2.35. The molecule has 0 aliphatic carbocycles. The second-order valence-electron chi connectivity index (χ2n) is 3.71. The van der Waals surface area contributed by atoms with Crippen LogP contribution in [-0.4, -0.2) is 43.7 Å². The summed E-state index contributed by atoms with van der Waals surface area (Å²) in [7, 11) is 3.19. The minimum atomic E-state index is -0.592. The van der Waals surface area contributed by atoms with Crippen molar-refractivity contribution in [2.45, 2.75) is 4.90 Å². The van der Waals surface area contributed by atoms with Gasteiger partial charge in [-0.05, 0) is 24.5 Å². The highest BCUT2D eigenvalue weighted by Crippen LogP contribution is 2.23. The number of amides is 1. The Morgan fingerprint density at radius 1 is 1.39 bits per heavy atom. The van der Waals surface area contributed by atoms with Gasteiger partial charge in [-0.2, -0.15) is 0 Å². The number of halogens is 1. The van der Waals surface area contributed by atoms with Crippen LogP contribution in [0.4, 0.5) is 0 Å². The van der Waals surface area contributed by atoms with Crippen LogP contribution in [0.5, 0.6) is 0 Å². The number of hydrogen-bond acceptors (Lipinski definition) is 4. The van der Waals surface area contributed by atoms with Gasteiger partial charge in [-0.25, -0.2) is 4.79 Å². The molecule has 1 aromatic carbocycles. The van der Waals surface area contributed by atoms with E-state index in [4.69, 9.17) is 16.3 Å². The van der Waals surface area contributed by atoms with Gasteiger partial charge in [0.05, 0.1) is 10.6 Å². The van der Waals surface area contributed by atoms with Crippen LogP contribution in [-0.2, 0) is 9.53 Å². The smallest absolute Gasteiger partial charge is 0.340 e. The van der Waals surface area contributed by atoms with E-state index in [0.29, 0.717) is 5.02 Å². The molecule has 1 amide bonds. The Hall–Kier alpha value is -1.20. The van der Waals surface area contributed by atoms with E-state index in [1.807, 2.05) is 12.3 Å². The lowest BCUT2D eigenvalue weighted by molar-refractivity contribution is -0.131. The normalized spacial score (nSPS) is 10.0. The molecule has 1 rings (SSSR count). The van der Waals surface area contributed by atoms with Crippen molar-refractivity contribution in [2.24, 2.45) is 0 Å². The van der Waals surface area contributed by atoms with Gasteiger partial charge < -0.3 is 9.64 Å². The van der Waals surface area contributed by atoms with E-state index >= 15 is 0 Å². The molecule has 0 N–H and O–H groups in total. The number of likely N-dealkylation sites (N-methyl/N-ethyl adjacent to an activating group) is 1. The summed E-state index contributed by atoms with van der Waals surface area (Å²) in [4.78, 5) is 25.3. The fourth-order valence-electron chi connectivity index (χ4n) is 1.12. The standard InChI is InChI=1S/C12H14ClNO3S/c1-14(2)11(15)7-17-12(16)9-6-8(18-3)4-5-10(9)13/h4-6H,7H2,1-3H3. The van der Waals surface area contributed by atoms with Crippen molar-refractivity contribution in [3.8, 4) is 0 Å². The molecule has 0 spiro atoms. The first kappa shape index (κ1) is 14.9. The number of thioether (sulfide) groups is 1. The number of ether oxygens (including phenoxy) is 1. The van der Waals surface area contributed by atoms with Gasteiger partial charge in [0, 0.05) is 19.0 Å². The van der Waals surface area contributed by atoms with Crippen molar-refractivity contribution in [3.05, 3.63) is 28.8 Å². The summed E-state index contributed by atoms with van der Waals surface area (Å²) in [6, 6.07) is 5.10. The Labute approximate surface area is 115 Å². The molecule has 0 heterocycles. The largest absolute Gasteiger partial charge is 0.452 e. The van der Waals surface area contributed by atoms with Gasteiger partial charge in [0.15, 0.2) is 6.61 Å². The maximum atomic E-state index is 11.8. The van der Waals surface area contributed by atoms with Gasteiger partial charge in [0.25, 0.3) is 5.91 Å². The van der Waals surface area contributed by atoms with Crippen LogP contribution < -0.4 is 0 Å². The summed E-state index contributed by atoms with van der Waals surface area (Å²) in [6.07, 6.45) is 1.90. The highest BCUT2D eigenvalue weighted by Gasteiger charge is 2.15. The molecule has 0 saturated heterocycles. The molecule has 0 bridgehead atoms. The van der Waals surface area contributed by atoms with Gasteiger partial charge in [-0.1, -0.05) is 11.6 Å². The number of rotatable bonds is 4. The Balaban J connectivity index is 2.75. The molecule has 0 unspecified atom stereocenters.